The molecular weight excluding hydrogens is 402 g/mol. The number of methoxy groups -OCH3 is 4. The van der Waals surface area contributed by atoms with Crippen molar-refractivity contribution in [3.8, 4) is 17.2 Å². The van der Waals surface area contributed by atoms with Crippen molar-refractivity contribution >= 4 is 17.4 Å². The lowest BCUT2D eigenvalue weighted by atomic mass is 9.94. The van der Waals surface area contributed by atoms with Gasteiger partial charge in [0.05, 0.1) is 45.1 Å². The quantitative estimate of drug-likeness (QED) is 0.393. The highest BCUT2D eigenvalue weighted by molar-refractivity contribution is 6.46. The van der Waals surface area contributed by atoms with Crippen molar-refractivity contribution in [3.05, 3.63) is 59.2 Å². The van der Waals surface area contributed by atoms with Crippen molar-refractivity contribution in [3.63, 3.8) is 0 Å². The number of amides is 1. The van der Waals surface area contributed by atoms with E-state index in [0.717, 1.165) is 0 Å². The molecule has 1 N–H and O–H groups in total. The molecule has 2 aromatic carbocycles. The van der Waals surface area contributed by atoms with Crippen LogP contribution in [0.15, 0.2) is 48.0 Å². The van der Waals surface area contributed by atoms with E-state index in [2.05, 4.69) is 0 Å². The number of carbonyl (C=O) groups excluding carboxylic acids is 2. The number of ether oxygens (including phenoxy) is 4. The lowest BCUT2D eigenvalue weighted by molar-refractivity contribution is -0.140. The SMILES string of the molecule is COCCN1C(=O)C(=O)/C(=C(\O)c2ccccc2OC)C1c1ccc(OC)c(OC)c1. The maximum absolute atomic E-state index is 13.0. The maximum Gasteiger partial charge on any atom is 0.295 e. The Morgan fingerprint density at radius 1 is 0.935 bits per heavy atom. The molecule has 0 bridgehead atoms. The molecule has 8 nitrogen and oxygen atoms in total. The third-order valence-electron chi connectivity index (χ3n) is 5.16. The molecule has 1 aliphatic rings. The summed E-state index contributed by atoms with van der Waals surface area (Å²) in [6, 6.07) is 11.0. The summed E-state index contributed by atoms with van der Waals surface area (Å²) >= 11 is 0. The van der Waals surface area contributed by atoms with E-state index in [1.165, 1.54) is 33.3 Å². The minimum absolute atomic E-state index is 0.0298. The number of aliphatic hydroxyl groups is 1. The normalized spacial score (nSPS) is 17.7. The van der Waals surface area contributed by atoms with Crippen LogP contribution < -0.4 is 14.2 Å². The highest BCUT2D eigenvalue weighted by Crippen LogP contribution is 2.42. The van der Waals surface area contributed by atoms with Crippen LogP contribution in [-0.4, -0.2) is 63.3 Å². The van der Waals surface area contributed by atoms with Gasteiger partial charge in [-0.15, -0.1) is 0 Å². The van der Waals surface area contributed by atoms with Crippen LogP contribution in [0.25, 0.3) is 5.76 Å². The number of nitrogens with zero attached hydrogens (tertiary/aromatic N) is 1. The molecule has 0 saturated carbocycles. The van der Waals surface area contributed by atoms with E-state index in [9.17, 15) is 14.7 Å². The van der Waals surface area contributed by atoms with E-state index in [4.69, 9.17) is 18.9 Å². The highest BCUT2D eigenvalue weighted by atomic mass is 16.5. The minimum atomic E-state index is -0.833. The summed E-state index contributed by atoms with van der Waals surface area (Å²) < 4.78 is 21.1. The zero-order valence-corrected chi connectivity index (χ0v) is 17.9. The zero-order valence-electron chi connectivity index (χ0n) is 17.9. The molecular formula is C23H25NO7. The summed E-state index contributed by atoms with van der Waals surface area (Å²) in [5.41, 5.74) is 0.877. The minimum Gasteiger partial charge on any atom is -0.507 e. The molecule has 0 aromatic heterocycles. The van der Waals surface area contributed by atoms with E-state index in [1.54, 1.807) is 42.5 Å². The Balaban J connectivity index is 2.23. The van der Waals surface area contributed by atoms with E-state index >= 15 is 0 Å². The van der Waals surface area contributed by atoms with Gasteiger partial charge in [0.2, 0.25) is 0 Å². The number of hydrogen-bond donors (Lipinski definition) is 1. The standard InChI is InChI=1S/C23H25NO7/c1-28-12-11-24-20(14-9-10-17(30-3)18(13-14)31-4)19(22(26)23(24)27)21(25)15-7-5-6-8-16(15)29-2/h5-10,13,20,25H,11-12H2,1-4H3/b21-19-. The molecule has 0 spiro atoms. The molecule has 1 saturated heterocycles. The molecule has 1 heterocycles. The Morgan fingerprint density at radius 3 is 2.26 bits per heavy atom. The van der Waals surface area contributed by atoms with Gasteiger partial charge in [0.25, 0.3) is 11.7 Å². The Bertz CT molecular complexity index is 1010. The van der Waals surface area contributed by atoms with Gasteiger partial charge >= 0.3 is 0 Å². The molecule has 1 fully saturated rings. The van der Waals surface area contributed by atoms with Gasteiger partial charge in [0.1, 0.15) is 11.5 Å². The van der Waals surface area contributed by atoms with Crippen molar-refractivity contribution in [1.82, 2.24) is 4.90 Å². The molecule has 1 atom stereocenters. The van der Waals surface area contributed by atoms with Crippen LogP contribution in [0.3, 0.4) is 0 Å². The summed E-state index contributed by atoms with van der Waals surface area (Å²) in [5, 5.41) is 11.1. The van der Waals surface area contributed by atoms with Crippen LogP contribution in [0.2, 0.25) is 0 Å². The van der Waals surface area contributed by atoms with Crippen LogP contribution in [0.5, 0.6) is 17.2 Å². The summed E-state index contributed by atoms with van der Waals surface area (Å²) in [5.74, 6) is -0.475. The highest BCUT2D eigenvalue weighted by Gasteiger charge is 2.46. The number of aliphatic hydroxyl groups excluding tert-OH is 1. The predicted molar refractivity (Wildman–Crippen MR) is 113 cm³/mol. The Kier molecular flexibility index (Phi) is 6.81. The molecule has 1 aliphatic heterocycles. The van der Waals surface area contributed by atoms with Crippen LogP contribution >= 0.6 is 0 Å². The van der Waals surface area contributed by atoms with Crippen LogP contribution in [0.4, 0.5) is 0 Å². The van der Waals surface area contributed by atoms with Gasteiger partial charge in [-0.3, -0.25) is 9.59 Å². The molecule has 0 radical (unpaired) electrons. The van der Waals surface area contributed by atoms with Crippen molar-refractivity contribution in [2.45, 2.75) is 6.04 Å². The fraction of sp³-hybridized carbons (Fsp3) is 0.304. The van der Waals surface area contributed by atoms with Gasteiger partial charge in [-0.2, -0.15) is 0 Å². The fourth-order valence-electron chi connectivity index (χ4n) is 3.66. The number of carbonyl (C=O) groups is 2. The summed E-state index contributed by atoms with van der Waals surface area (Å²) in [4.78, 5) is 27.3. The lowest BCUT2D eigenvalue weighted by Crippen LogP contribution is -2.32. The second-order valence-electron chi connectivity index (χ2n) is 6.80. The average molecular weight is 427 g/mol. The number of rotatable bonds is 8. The third-order valence-corrected chi connectivity index (χ3v) is 5.16. The molecule has 164 valence electrons. The van der Waals surface area contributed by atoms with Gasteiger partial charge in [0, 0.05) is 13.7 Å². The predicted octanol–water partition coefficient (Wildman–Crippen LogP) is 2.78. The second-order valence-corrected chi connectivity index (χ2v) is 6.80. The first kappa shape index (κ1) is 22.2. The number of benzene rings is 2. The van der Waals surface area contributed by atoms with E-state index in [-0.39, 0.29) is 24.5 Å². The van der Waals surface area contributed by atoms with Crippen molar-refractivity contribution in [2.24, 2.45) is 0 Å². The van der Waals surface area contributed by atoms with Gasteiger partial charge in [-0.1, -0.05) is 18.2 Å². The van der Waals surface area contributed by atoms with Crippen LogP contribution in [0.1, 0.15) is 17.2 Å². The maximum atomic E-state index is 13.0. The monoisotopic (exact) mass is 427 g/mol. The summed E-state index contributed by atoms with van der Waals surface area (Å²) in [7, 11) is 5.99. The lowest BCUT2D eigenvalue weighted by Gasteiger charge is -2.25. The third kappa shape index (κ3) is 4.06. The zero-order chi connectivity index (χ0) is 22.5. The molecule has 8 heteroatoms. The second kappa shape index (κ2) is 9.53. The Morgan fingerprint density at radius 2 is 1.61 bits per heavy atom. The molecule has 1 unspecified atom stereocenters. The van der Waals surface area contributed by atoms with Gasteiger partial charge in [-0.25, -0.2) is 0 Å². The molecule has 0 aliphatic carbocycles. The van der Waals surface area contributed by atoms with Gasteiger partial charge in [0.15, 0.2) is 11.5 Å². The van der Waals surface area contributed by atoms with E-state index in [1.807, 2.05) is 0 Å². The number of ketones is 1. The molecule has 1 amide bonds. The smallest absolute Gasteiger partial charge is 0.295 e. The average Bonchev–Trinajstić information content (AvgIpc) is 3.06. The summed E-state index contributed by atoms with van der Waals surface area (Å²) in [6.45, 7) is 0.397. The first-order valence-corrected chi connectivity index (χ1v) is 9.61. The number of likely N-dealkylation sites (tertiary alicyclic amines) is 1. The first-order chi connectivity index (χ1) is 15.0. The molecule has 31 heavy (non-hydrogen) atoms. The van der Waals surface area contributed by atoms with Gasteiger partial charge < -0.3 is 29.0 Å². The topological polar surface area (TPSA) is 94.5 Å². The largest absolute Gasteiger partial charge is 0.507 e. The van der Waals surface area contributed by atoms with Crippen LogP contribution in [0, 0.1) is 0 Å². The first-order valence-electron chi connectivity index (χ1n) is 9.61. The van der Waals surface area contributed by atoms with Crippen LogP contribution in [-0.2, 0) is 14.3 Å². The van der Waals surface area contributed by atoms with E-state index < -0.39 is 17.7 Å². The van der Waals surface area contributed by atoms with Crippen molar-refractivity contribution < 1.29 is 33.6 Å². The molecule has 3 rings (SSSR count). The molecule has 2 aromatic rings. The van der Waals surface area contributed by atoms with Crippen molar-refractivity contribution in [2.75, 3.05) is 41.6 Å². The summed E-state index contributed by atoms with van der Waals surface area (Å²) in [6.07, 6.45) is 0. The fourth-order valence-corrected chi connectivity index (χ4v) is 3.66. The van der Waals surface area contributed by atoms with Crippen molar-refractivity contribution in [1.29, 1.82) is 0 Å². The number of hydrogen-bond acceptors (Lipinski definition) is 7. The Hall–Kier alpha value is -3.52. The Labute approximate surface area is 180 Å². The number of para-hydroxylation sites is 1. The van der Waals surface area contributed by atoms with Gasteiger partial charge in [-0.05, 0) is 29.8 Å². The number of Topliss-reactive ketones (excluding diaryl/α,β-unsaturated/α-hetero) is 1. The van der Waals surface area contributed by atoms with E-state index in [0.29, 0.717) is 28.4 Å².